The van der Waals surface area contributed by atoms with Gasteiger partial charge in [0.2, 0.25) is 5.78 Å². The Hall–Kier alpha value is -3.35. The summed E-state index contributed by atoms with van der Waals surface area (Å²) in [7, 11) is 0. The van der Waals surface area contributed by atoms with Gasteiger partial charge in [0.05, 0.1) is 17.0 Å². The van der Waals surface area contributed by atoms with Crippen LogP contribution in [0.5, 0.6) is 0 Å². The van der Waals surface area contributed by atoms with Gasteiger partial charge in [0, 0.05) is 39.1 Å². The molecule has 33 heavy (non-hydrogen) atoms. The molecule has 5 rings (SSSR count). The Balaban J connectivity index is 1.74. The Morgan fingerprint density at radius 2 is 1.36 bits per heavy atom. The highest BCUT2D eigenvalue weighted by Gasteiger charge is 2.30. The number of hydrogen-bond acceptors (Lipinski definition) is 2. The van der Waals surface area contributed by atoms with Crippen LogP contribution in [0.2, 0.25) is 10.0 Å². The third kappa shape index (κ3) is 4.19. The Morgan fingerprint density at radius 3 is 2.00 bits per heavy atom. The fraction of sp³-hybridized carbons (Fsp3) is 0.0400. The highest BCUT2D eigenvalue weighted by Crippen LogP contribution is 2.36. The molecule has 3 aromatic carbocycles. The molecular formula is C25H14Cl2F3N3. The molecule has 0 aliphatic carbocycles. The monoisotopic (exact) mass is 483 g/mol. The normalized spacial score (nSPS) is 11.8. The lowest BCUT2D eigenvalue weighted by molar-refractivity contribution is -0.137. The van der Waals surface area contributed by atoms with Crippen LogP contribution < -0.4 is 0 Å². The van der Waals surface area contributed by atoms with Crippen molar-refractivity contribution in [3.63, 3.8) is 0 Å². The van der Waals surface area contributed by atoms with Gasteiger partial charge in [0.25, 0.3) is 0 Å². The van der Waals surface area contributed by atoms with E-state index in [9.17, 15) is 13.2 Å². The molecule has 0 saturated heterocycles. The molecule has 0 aliphatic heterocycles. The maximum absolute atomic E-state index is 13.2. The van der Waals surface area contributed by atoms with E-state index < -0.39 is 11.7 Å². The van der Waals surface area contributed by atoms with Crippen molar-refractivity contribution in [3.05, 3.63) is 101 Å². The van der Waals surface area contributed by atoms with Crippen molar-refractivity contribution in [2.45, 2.75) is 6.18 Å². The smallest absolute Gasteiger partial charge is 0.282 e. The molecule has 2 aromatic heterocycles. The minimum atomic E-state index is -4.43. The summed E-state index contributed by atoms with van der Waals surface area (Å²) in [5.41, 5.74) is 3.29. The fourth-order valence-corrected chi connectivity index (χ4v) is 3.90. The molecule has 0 N–H and O–H groups in total. The highest BCUT2D eigenvalue weighted by molar-refractivity contribution is 6.31. The summed E-state index contributed by atoms with van der Waals surface area (Å²) in [5, 5.41) is 1.18. The van der Waals surface area contributed by atoms with Crippen LogP contribution in [-0.2, 0) is 6.18 Å². The molecule has 2 heterocycles. The number of halogens is 5. The van der Waals surface area contributed by atoms with Crippen molar-refractivity contribution in [1.82, 2.24) is 14.4 Å². The van der Waals surface area contributed by atoms with Crippen LogP contribution in [0, 0.1) is 0 Å². The first-order valence-corrected chi connectivity index (χ1v) is 10.6. The van der Waals surface area contributed by atoms with Crippen LogP contribution >= 0.6 is 23.2 Å². The largest absolute Gasteiger partial charge is 0.416 e. The summed E-state index contributed by atoms with van der Waals surface area (Å²) >= 11 is 12.1. The van der Waals surface area contributed by atoms with Crippen LogP contribution in [0.15, 0.2) is 85.2 Å². The first kappa shape index (κ1) is 21.5. The SMILES string of the molecule is FC(F)(F)c1cccc(-c2cnc3nc(-c4ccc(Cl)cc4)c(-c4ccc(Cl)cc4)n3c2)c1. The van der Waals surface area contributed by atoms with E-state index >= 15 is 0 Å². The molecule has 0 unspecified atom stereocenters. The van der Waals surface area contributed by atoms with Gasteiger partial charge in [-0.1, -0.05) is 59.6 Å². The highest BCUT2D eigenvalue weighted by atomic mass is 35.5. The molecule has 3 nitrogen and oxygen atoms in total. The second kappa shape index (κ2) is 8.21. The third-order valence-electron chi connectivity index (χ3n) is 5.24. The molecule has 0 aliphatic rings. The number of aromatic nitrogens is 3. The predicted molar refractivity (Wildman–Crippen MR) is 124 cm³/mol. The minimum Gasteiger partial charge on any atom is -0.282 e. The van der Waals surface area contributed by atoms with Gasteiger partial charge in [0.15, 0.2) is 0 Å². The fourth-order valence-electron chi connectivity index (χ4n) is 3.65. The number of hydrogen-bond donors (Lipinski definition) is 0. The molecule has 164 valence electrons. The average molecular weight is 484 g/mol. The summed E-state index contributed by atoms with van der Waals surface area (Å²) in [6.07, 6.45) is -1.16. The van der Waals surface area contributed by atoms with E-state index in [-0.39, 0.29) is 0 Å². The molecule has 8 heteroatoms. The topological polar surface area (TPSA) is 30.2 Å². The number of rotatable bonds is 3. The van der Waals surface area contributed by atoms with E-state index in [1.54, 1.807) is 40.9 Å². The van der Waals surface area contributed by atoms with Gasteiger partial charge < -0.3 is 0 Å². The van der Waals surface area contributed by atoms with Gasteiger partial charge in [-0.05, 0) is 42.0 Å². The zero-order chi connectivity index (χ0) is 23.2. The van der Waals surface area contributed by atoms with Crippen molar-refractivity contribution in [2.24, 2.45) is 0 Å². The molecule has 0 saturated carbocycles. The van der Waals surface area contributed by atoms with Crippen LogP contribution in [0.4, 0.5) is 13.2 Å². The molecule has 0 spiro atoms. The zero-order valence-corrected chi connectivity index (χ0v) is 18.3. The van der Waals surface area contributed by atoms with E-state index in [0.717, 1.165) is 29.0 Å². The van der Waals surface area contributed by atoms with Crippen molar-refractivity contribution in [1.29, 1.82) is 0 Å². The molecule has 0 amide bonds. The quantitative estimate of drug-likeness (QED) is 0.259. The predicted octanol–water partition coefficient (Wildman–Crippen LogP) is 8.06. The molecule has 0 bridgehead atoms. The first-order chi connectivity index (χ1) is 15.8. The van der Waals surface area contributed by atoms with Crippen molar-refractivity contribution in [2.75, 3.05) is 0 Å². The Morgan fingerprint density at radius 1 is 0.727 bits per heavy atom. The van der Waals surface area contributed by atoms with Crippen LogP contribution in [0.3, 0.4) is 0 Å². The van der Waals surface area contributed by atoms with E-state index in [2.05, 4.69) is 4.98 Å². The lowest BCUT2D eigenvalue weighted by atomic mass is 10.0. The number of fused-ring (bicyclic) bond motifs is 1. The third-order valence-corrected chi connectivity index (χ3v) is 5.74. The second-order valence-corrected chi connectivity index (χ2v) is 8.29. The molecule has 0 atom stereocenters. The Labute approximate surface area is 197 Å². The maximum atomic E-state index is 13.2. The van der Waals surface area contributed by atoms with Crippen molar-refractivity contribution >= 4 is 29.0 Å². The van der Waals surface area contributed by atoms with Gasteiger partial charge in [-0.3, -0.25) is 4.40 Å². The van der Waals surface area contributed by atoms with E-state index in [1.165, 1.54) is 12.3 Å². The Bertz CT molecular complexity index is 1460. The van der Waals surface area contributed by atoms with Crippen molar-refractivity contribution in [3.8, 4) is 33.6 Å². The van der Waals surface area contributed by atoms with Crippen LogP contribution in [-0.4, -0.2) is 14.4 Å². The van der Waals surface area contributed by atoms with E-state index in [1.807, 2.05) is 24.3 Å². The van der Waals surface area contributed by atoms with E-state index in [0.29, 0.717) is 32.6 Å². The Kier molecular flexibility index (Phi) is 5.35. The molecule has 0 radical (unpaired) electrons. The van der Waals surface area contributed by atoms with Gasteiger partial charge >= 0.3 is 6.18 Å². The number of imidazole rings is 1. The minimum absolute atomic E-state index is 0.406. The number of benzene rings is 3. The van der Waals surface area contributed by atoms with Crippen LogP contribution in [0.25, 0.3) is 39.4 Å². The lowest BCUT2D eigenvalue weighted by Gasteiger charge is -2.10. The van der Waals surface area contributed by atoms with Gasteiger partial charge in [0.1, 0.15) is 0 Å². The first-order valence-electron chi connectivity index (χ1n) is 9.87. The molecule has 0 fully saturated rings. The summed E-state index contributed by atoms with van der Waals surface area (Å²) in [6.45, 7) is 0. The van der Waals surface area contributed by atoms with E-state index in [4.69, 9.17) is 28.2 Å². The van der Waals surface area contributed by atoms with Crippen molar-refractivity contribution < 1.29 is 13.2 Å². The van der Waals surface area contributed by atoms with Crippen LogP contribution in [0.1, 0.15) is 5.56 Å². The molecular weight excluding hydrogens is 470 g/mol. The van der Waals surface area contributed by atoms with Gasteiger partial charge in [-0.25, -0.2) is 9.97 Å². The summed E-state index contributed by atoms with van der Waals surface area (Å²) < 4.78 is 41.4. The lowest BCUT2D eigenvalue weighted by Crippen LogP contribution is -2.04. The summed E-state index contributed by atoms with van der Waals surface area (Å²) in [5.74, 6) is 0.417. The second-order valence-electron chi connectivity index (χ2n) is 7.41. The summed E-state index contributed by atoms with van der Waals surface area (Å²) in [6, 6.07) is 19.7. The van der Waals surface area contributed by atoms with Gasteiger partial charge in [-0.15, -0.1) is 0 Å². The maximum Gasteiger partial charge on any atom is 0.416 e. The number of alkyl halides is 3. The average Bonchev–Trinajstić information content (AvgIpc) is 3.18. The standard InChI is InChI=1S/C25H14Cl2F3N3/c26-20-8-4-15(5-9-20)22-23(16-6-10-21(27)11-7-16)33-14-18(13-31-24(33)32-22)17-2-1-3-19(12-17)25(28,29)30/h1-14H. The summed E-state index contributed by atoms with van der Waals surface area (Å²) in [4.78, 5) is 9.13. The molecule has 5 aromatic rings. The number of nitrogens with zero attached hydrogens (tertiary/aromatic N) is 3. The van der Waals surface area contributed by atoms with Gasteiger partial charge in [-0.2, -0.15) is 13.2 Å². The zero-order valence-electron chi connectivity index (χ0n) is 16.8.